The normalized spacial score (nSPS) is 14.2. The topological polar surface area (TPSA) is 59.0 Å². The van der Waals surface area contributed by atoms with Gasteiger partial charge in [-0.2, -0.15) is 0 Å². The Bertz CT molecular complexity index is 788. The van der Waals surface area contributed by atoms with Gasteiger partial charge >= 0.3 is 0 Å². The van der Waals surface area contributed by atoms with Gasteiger partial charge < -0.3 is 19.7 Å². The van der Waals surface area contributed by atoms with E-state index in [0.717, 1.165) is 48.4 Å². The lowest BCUT2D eigenvalue weighted by molar-refractivity contribution is 0.346. The van der Waals surface area contributed by atoms with Crippen LogP contribution in [0.3, 0.4) is 0 Å². The molecule has 2 heterocycles. The van der Waals surface area contributed by atoms with Gasteiger partial charge in [0.1, 0.15) is 5.01 Å². The fourth-order valence-electron chi connectivity index (χ4n) is 3.14. The van der Waals surface area contributed by atoms with Crippen molar-refractivity contribution in [3.63, 3.8) is 0 Å². The summed E-state index contributed by atoms with van der Waals surface area (Å²) < 4.78 is 10.9. The Hall–Kier alpha value is -2.28. The minimum absolute atomic E-state index is 0.701. The van der Waals surface area contributed by atoms with Crippen molar-refractivity contribution < 1.29 is 9.47 Å². The van der Waals surface area contributed by atoms with Crippen molar-refractivity contribution >= 4 is 17.3 Å². The maximum absolute atomic E-state index is 5.45. The summed E-state index contributed by atoms with van der Waals surface area (Å²) in [5.74, 6) is 2.46. The predicted molar refractivity (Wildman–Crippen MR) is 105 cm³/mol. The van der Waals surface area contributed by atoms with E-state index in [1.807, 2.05) is 13.2 Å². The fraction of sp³-hybridized carbons (Fsp3) is 0.474. The molecule has 0 unspecified atom stereocenters. The van der Waals surface area contributed by atoms with Gasteiger partial charge in [0.15, 0.2) is 17.5 Å². The third-order valence-electron chi connectivity index (χ3n) is 4.58. The molecular weight excluding hydrogens is 348 g/mol. The summed E-state index contributed by atoms with van der Waals surface area (Å²) >= 11 is 1.75. The number of benzene rings is 1. The zero-order valence-electron chi connectivity index (χ0n) is 15.8. The van der Waals surface area contributed by atoms with Crippen LogP contribution in [0.15, 0.2) is 23.3 Å². The number of methoxy groups -OCH3 is 2. The first kappa shape index (κ1) is 18.5. The smallest absolute Gasteiger partial charge is 0.194 e. The number of hydrogen-bond acceptors (Lipinski definition) is 5. The number of aliphatic imine (C=N–C) groups is 1. The molecule has 1 aromatic carbocycles. The van der Waals surface area contributed by atoms with E-state index in [1.54, 1.807) is 25.6 Å². The van der Waals surface area contributed by atoms with Crippen LogP contribution in [0.5, 0.6) is 11.5 Å². The highest BCUT2D eigenvalue weighted by Gasteiger charge is 2.21. The molecule has 26 heavy (non-hydrogen) atoms. The van der Waals surface area contributed by atoms with Crippen LogP contribution in [0.2, 0.25) is 0 Å². The summed E-state index contributed by atoms with van der Waals surface area (Å²) in [7, 11) is 5.17. The van der Waals surface area contributed by atoms with Crippen molar-refractivity contribution in [2.75, 3.05) is 27.8 Å². The second kappa shape index (κ2) is 8.40. The largest absolute Gasteiger partial charge is 0.493 e. The van der Waals surface area contributed by atoms with Gasteiger partial charge in [0.25, 0.3) is 0 Å². The fourth-order valence-corrected chi connectivity index (χ4v) is 3.95. The first-order valence-corrected chi connectivity index (χ1v) is 9.63. The Morgan fingerprint density at radius 2 is 2.00 bits per heavy atom. The van der Waals surface area contributed by atoms with Crippen molar-refractivity contribution in [2.45, 2.75) is 32.9 Å². The number of guanidine groups is 1. The summed E-state index contributed by atoms with van der Waals surface area (Å²) in [6.45, 7) is 4.57. The molecule has 140 valence electrons. The third kappa shape index (κ3) is 3.93. The summed E-state index contributed by atoms with van der Waals surface area (Å²) in [5, 5.41) is 4.53. The van der Waals surface area contributed by atoms with Crippen LogP contribution in [-0.2, 0) is 25.9 Å². The van der Waals surface area contributed by atoms with E-state index >= 15 is 0 Å². The van der Waals surface area contributed by atoms with E-state index in [4.69, 9.17) is 9.47 Å². The van der Waals surface area contributed by atoms with Crippen molar-refractivity contribution in [1.29, 1.82) is 0 Å². The van der Waals surface area contributed by atoms with Crippen molar-refractivity contribution in [2.24, 2.45) is 4.99 Å². The quantitative estimate of drug-likeness (QED) is 0.644. The second-order valence-corrected chi connectivity index (χ2v) is 7.32. The van der Waals surface area contributed by atoms with Crippen LogP contribution in [0.25, 0.3) is 0 Å². The van der Waals surface area contributed by atoms with Gasteiger partial charge in [-0.05, 0) is 36.1 Å². The van der Waals surface area contributed by atoms with E-state index in [2.05, 4.69) is 39.2 Å². The van der Waals surface area contributed by atoms with Gasteiger partial charge in [-0.15, -0.1) is 11.3 Å². The summed E-state index contributed by atoms with van der Waals surface area (Å²) in [5.41, 5.74) is 2.56. The minimum Gasteiger partial charge on any atom is -0.493 e. The second-order valence-electron chi connectivity index (χ2n) is 6.12. The summed E-state index contributed by atoms with van der Waals surface area (Å²) in [4.78, 5) is 12.5. The molecule has 0 bridgehead atoms. The van der Waals surface area contributed by atoms with Gasteiger partial charge in [0.2, 0.25) is 0 Å². The highest BCUT2D eigenvalue weighted by molar-refractivity contribution is 7.11. The van der Waals surface area contributed by atoms with E-state index in [9.17, 15) is 0 Å². The minimum atomic E-state index is 0.701. The maximum Gasteiger partial charge on any atom is 0.194 e. The lowest BCUT2D eigenvalue weighted by atomic mass is 9.99. The van der Waals surface area contributed by atoms with Crippen LogP contribution < -0.4 is 14.8 Å². The molecule has 0 aliphatic carbocycles. The number of fused-ring (bicyclic) bond motifs is 1. The van der Waals surface area contributed by atoms with E-state index < -0.39 is 0 Å². The Balaban J connectivity index is 1.69. The molecule has 1 aromatic heterocycles. The third-order valence-corrected chi connectivity index (χ3v) is 5.72. The predicted octanol–water partition coefficient (Wildman–Crippen LogP) is 2.86. The monoisotopic (exact) mass is 374 g/mol. The van der Waals surface area contributed by atoms with E-state index in [-0.39, 0.29) is 0 Å². The van der Waals surface area contributed by atoms with Crippen LogP contribution in [-0.4, -0.2) is 43.7 Å². The van der Waals surface area contributed by atoms with Crippen molar-refractivity contribution in [3.05, 3.63) is 39.3 Å². The molecule has 0 fully saturated rings. The average Bonchev–Trinajstić information content (AvgIpc) is 3.15. The molecule has 0 radical (unpaired) electrons. The molecule has 0 amide bonds. The number of ether oxygens (including phenoxy) is 2. The highest BCUT2D eigenvalue weighted by atomic mass is 32.1. The van der Waals surface area contributed by atoms with Crippen LogP contribution >= 0.6 is 11.3 Å². The highest BCUT2D eigenvalue weighted by Crippen LogP contribution is 2.33. The number of rotatable bonds is 5. The molecule has 7 heteroatoms. The SMILES string of the molecule is CCc1cnc(CNC(=NC)N2CCc3cc(OC)c(OC)cc3C2)s1. The Morgan fingerprint density at radius 1 is 1.27 bits per heavy atom. The standard InChI is InChI=1S/C19H26N4O2S/c1-5-15-10-21-18(26-15)11-22-19(20-2)23-7-6-13-8-16(24-3)17(25-4)9-14(13)12-23/h8-10H,5-7,11-12H2,1-4H3,(H,20,22). The Kier molecular flexibility index (Phi) is 5.98. The lowest BCUT2D eigenvalue weighted by Crippen LogP contribution is -2.43. The molecule has 0 spiro atoms. The van der Waals surface area contributed by atoms with Gasteiger partial charge in [-0.3, -0.25) is 4.99 Å². The molecule has 0 atom stereocenters. The molecule has 6 nitrogen and oxygen atoms in total. The van der Waals surface area contributed by atoms with Gasteiger partial charge in [-0.1, -0.05) is 6.92 Å². The lowest BCUT2D eigenvalue weighted by Gasteiger charge is -2.32. The number of thiazole rings is 1. The van der Waals surface area contributed by atoms with E-state index in [0.29, 0.717) is 6.54 Å². The first-order valence-electron chi connectivity index (χ1n) is 8.81. The maximum atomic E-state index is 5.45. The zero-order chi connectivity index (χ0) is 18.5. The Labute approximate surface area is 158 Å². The summed E-state index contributed by atoms with van der Waals surface area (Å²) in [6, 6.07) is 4.16. The van der Waals surface area contributed by atoms with Gasteiger partial charge in [0, 0.05) is 31.2 Å². The van der Waals surface area contributed by atoms with Crippen LogP contribution in [0.4, 0.5) is 0 Å². The van der Waals surface area contributed by atoms with Crippen molar-refractivity contribution in [1.82, 2.24) is 15.2 Å². The average molecular weight is 375 g/mol. The molecule has 2 aromatic rings. The number of aryl methyl sites for hydroxylation is 1. The molecule has 1 N–H and O–H groups in total. The molecule has 3 rings (SSSR count). The first-order chi connectivity index (χ1) is 12.7. The van der Waals surface area contributed by atoms with Crippen molar-refractivity contribution in [3.8, 4) is 11.5 Å². The van der Waals surface area contributed by atoms with Gasteiger partial charge in [0.05, 0.1) is 20.8 Å². The number of nitrogens with zero attached hydrogens (tertiary/aromatic N) is 3. The van der Waals surface area contributed by atoms with E-state index in [1.165, 1.54) is 16.0 Å². The number of hydrogen-bond donors (Lipinski definition) is 1. The summed E-state index contributed by atoms with van der Waals surface area (Å²) in [6.07, 6.45) is 3.94. The van der Waals surface area contributed by atoms with Gasteiger partial charge in [-0.25, -0.2) is 4.98 Å². The molecule has 0 saturated heterocycles. The van der Waals surface area contributed by atoms with Crippen LogP contribution in [0.1, 0.15) is 27.9 Å². The molecular formula is C19H26N4O2S. The van der Waals surface area contributed by atoms with Crippen LogP contribution in [0, 0.1) is 0 Å². The number of aromatic nitrogens is 1. The Morgan fingerprint density at radius 3 is 2.62 bits per heavy atom. The molecule has 1 aliphatic heterocycles. The zero-order valence-corrected chi connectivity index (χ0v) is 16.7. The number of nitrogens with one attached hydrogen (secondary N) is 1. The molecule has 1 aliphatic rings. The molecule has 0 saturated carbocycles.